The number of rotatable bonds is 2. The minimum atomic E-state index is -1.04. The van der Waals surface area contributed by atoms with Gasteiger partial charge < -0.3 is 29.9 Å². The Hall–Kier alpha value is -1.69. The Kier molecular flexibility index (Phi) is 10.4. The lowest BCUT2D eigenvalue weighted by atomic mass is 9.70. The summed E-state index contributed by atoms with van der Waals surface area (Å²) in [6.45, 7) is 19.3. The van der Waals surface area contributed by atoms with Crippen molar-refractivity contribution in [2.75, 3.05) is 26.2 Å². The van der Waals surface area contributed by atoms with E-state index in [1.807, 2.05) is 32.6 Å². The first-order chi connectivity index (χ1) is 22.2. The molecule has 5 heterocycles. The van der Waals surface area contributed by atoms with Crippen molar-refractivity contribution < 1.29 is 23.5 Å². The van der Waals surface area contributed by atoms with Crippen molar-refractivity contribution in [1.29, 1.82) is 0 Å². The van der Waals surface area contributed by atoms with E-state index in [1.165, 1.54) is 0 Å². The molecule has 6 aliphatic rings. The molecule has 47 heavy (non-hydrogen) atoms. The number of hydrogen-bond acceptors (Lipinski definition) is 7. The molecule has 0 radical (unpaired) electrons. The van der Waals surface area contributed by atoms with Gasteiger partial charge in [-0.25, -0.2) is 14.0 Å². The standard InChI is InChI=1S/C36H63FN6O4/c1-20(2)28-30-24(14-15-38-28)12-10-16-46-31-21(3)11-9-13-25(31)29-27(37)17-26-32(40-34(44)43(30)33(26)39-29)41-18-23(5)42(19-22(41)4)35(45)47-36(6,7)8/h20-33,38-39H,9-19H2,1-8H3,(H,40,44)/t21?,22-,23+,24?,25?,26?,27?,28?,29?,30?,31?,32?,33?/m0/s1. The zero-order chi connectivity index (χ0) is 33.8. The SMILES string of the molecule is CC(C)C1NCCC2CCCOC3C(C)CCCC3C3NC4C(CC3F)C(N3C[C@@H](C)N(C(=O)OC(C)(C)C)C[C@@H]3C)NC(=O)N4C21. The fourth-order valence-corrected chi connectivity index (χ4v) is 10.2. The van der Waals surface area contributed by atoms with Crippen LogP contribution in [0.4, 0.5) is 14.0 Å². The van der Waals surface area contributed by atoms with Crippen LogP contribution in [0.2, 0.25) is 0 Å². The summed E-state index contributed by atoms with van der Waals surface area (Å²) in [5, 5.41) is 11.1. The third kappa shape index (κ3) is 7.02. The van der Waals surface area contributed by atoms with E-state index in [4.69, 9.17) is 9.47 Å². The van der Waals surface area contributed by atoms with E-state index in [0.29, 0.717) is 43.9 Å². The fraction of sp³-hybridized carbons (Fsp3) is 0.944. The van der Waals surface area contributed by atoms with Crippen molar-refractivity contribution in [3.05, 3.63) is 0 Å². The number of carbonyl (C=O) groups is 2. The number of amides is 3. The van der Waals surface area contributed by atoms with Crippen LogP contribution in [0.25, 0.3) is 0 Å². The highest BCUT2D eigenvalue weighted by atomic mass is 19.1. The Morgan fingerprint density at radius 1 is 1.00 bits per heavy atom. The smallest absolute Gasteiger partial charge is 0.410 e. The van der Waals surface area contributed by atoms with Crippen molar-refractivity contribution >= 4 is 12.1 Å². The highest BCUT2D eigenvalue weighted by molar-refractivity contribution is 5.76. The number of halogens is 1. The molecule has 2 bridgehead atoms. The molecule has 0 aromatic heterocycles. The molecule has 3 amide bonds. The first-order valence-corrected chi connectivity index (χ1v) is 18.8. The molecule has 268 valence electrons. The Balaban J connectivity index is 1.34. The Labute approximate surface area is 282 Å². The highest BCUT2D eigenvalue weighted by Gasteiger charge is 2.57. The number of hydrogen-bond donors (Lipinski definition) is 3. The van der Waals surface area contributed by atoms with Crippen LogP contribution in [0.3, 0.4) is 0 Å². The number of piperidine rings is 2. The maximum absolute atomic E-state index is 16.8. The zero-order valence-electron chi connectivity index (χ0n) is 30.2. The lowest BCUT2D eigenvalue weighted by Crippen LogP contribution is -2.80. The molecular weight excluding hydrogens is 599 g/mol. The maximum Gasteiger partial charge on any atom is 0.410 e. The van der Waals surface area contributed by atoms with Crippen LogP contribution in [-0.2, 0) is 9.47 Å². The summed E-state index contributed by atoms with van der Waals surface area (Å²) in [6, 6.07) is -0.408. The van der Waals surface area contributed by atoms with Gasteiger partial charge in [0.1, 0.15) is 11.8 Å². The van der Waals surface area contributed by atoms with Crippen LogP contribution in [0.15, 0.2) is 0 Å². The van der Waals surface area contributed by atoms with E-state index >= 15 is 4.39 Å². The van der Waals surface area contributed by atoms with Crippen LogP contribution in [-0.4, -0.2) is 113 Å². The van der Waals surface area contributed by atoms with Crippen LogP contribution < -0.4 is 16.0 Å². The molecule has 3 N–H and O–H groups in total. The fourth-order valence-electron chi connectivity index (χ4n) is 10.2. The van der Waals surface area contributed by atoms with Crippen molar-refractivity contribution in [3.63, 3.8) is 0 Å². The number of piperazine rings is 1. The van der Waals surface area contributed by atoms with E-state index in [1.54, 1.807) is 0 Å². The molecule has 13 atom stereocenters. The molecule has 1 saturated carbocycles. The summed E-state index contributed by atoms with van der Waals surface area (Å²) in [6.07, 6.45) is 4.56. The van der Waals surface area contributed by atoms with Crippen molar-refractivity contribution in [3.8, 4) is 0 Å². The van der Waals surface area contributed by atoms with Gasteiger partial charge in [-0.05, 0) is 97.4 Å². The van der Waals surface area contributed by atoms with Crippen molar-refractivity contribution in [2.24, 2.45) is 29.6 Å². The van der Waals surface area contributed by atoms with Crippen LogP contribution in [0.1, 0.15) is 100 Å². The molecule has 6 fully saturated rings. The second kappa shape index (κ2) is 13.9. The van der Waals surface area contributed by atoms with Crippen LogP contribution in [0.5, 0.6) is 0 Å². The van der Waals surface area contributed by atoms with Gasteiger partial charge in [-0.2, -0.15) is 0 Å². The molecule has 0 aromatic carbocycles. The second-order valence-corrected chi connectivity index (χ2v) is 17.2. The minimum absolute atomic E-state index is 0.00220. The second-order valence-electron chi connectivity index (χ2n) is 17.2. The first-order valence-electron chi connectivity index (χ1n) is 18.8. The van der Waals surface area contributed by atoms with E-state index in [0.717, 1.165) is 45.1 Å². The average molecular weight is 663 g/mol. The van der Waals surface area contributed by atoms with Gasteiger partial charge in [0, 0.05) is 55.7 Å². The molecule has 6 rings (SSSR count). The third-order valence-electron chi connectivity index (χ3n) is 12.3. The molecule has 11 heteroatoms. The van der Waals surface area contributed by atoms with Crippen LogP contribution in [0, 0.1) is 29.6 Å². The number of nitrogens with zero attached hydrogens (tertiary/aromatic N) is 3. The zero-order valence-corrected chi connectivity index (χ0v) is 30.2. The average Bonchev–Trinajstić information content (AvgIpc) is 2.99. The lowest BCUT2D eigenvalue weighted by molar-refractivity contribution is -0.120. The molecular formula is C36H63FN6O4. The molecule has 5 saturated heterocycles. The Bertz CT molecular complexity index is 1120. The summed E-state index contributed by atoms with van der Waals surface area (Å²) >= 11 is 0. The van der Waals surface area contributed by atoms with Gasteiger partial charge in [0.25, 0.3) is 0 Å². The van der Waals surface area contributed by atoms with E-state index in [-0.39, 0.29) is 72.6 Å². The lowest BCUT2D eigenvalue weighted by Gasteiger charge is -2.60. The summed E-state index contributed by atoms with van der Waals surface area (Å²) in [5.41, 5.74) is -0.577. The Morgan fingerprint density at radius 3 is 2.49 bits per heavy atom. The number of carbonyl (C=O) groups excluding carboxylic acids is 2. The monoisotopic (exact) mass is 662 g/mol. The molecule has 1 aliphatic carbocycles. The molecule has 5 aliphatic heterocycles. The van der Waals surface area contributed by atoms with Gasteiger partial charge >= 0.3 is 12.1 Å². The number of fused-ring (bicyclic) bond motifs is 5. The molecule has 0 spiro atoms. The van der Waals surface area contributed by atoms with Crippen molar-refractivity contribution in [1.82, 2.24) is 30.7 Å². The summed E-state index contributed by atoms with van der Waals surface area (Å²) in [7, 11) is 0. The summed E-state index contributed by atoms with van der Waals surface area (Å²) in [5.74, 6) is 1.00. The highest BCUT2D eigenvalue weighted by Crippen LogP contribution is 2.44. The van der Waals surface area contributed by atoms with Crippen LogP contribution >= 0.6 is 0 Å². The van der Waals surface area contributed by atoms with Gasteiger partial charge in [0.15, 0.2) is 0 Å². The minimum Gasteiger partial charge on any atom is -0.444 e. The Morgan fingerprint density at radius 2 is 1.77 bits per heavy atom. The topological polar surface area (TPSA) is 98.4 Å². The maximum atomic E-state index is 16.8. The number of nitrogens with one attached hydrogen (secondary N) is 3. The van der Waals surface area contributed by atoms with Gasteiger partial charge in [-0.1, -0.05) is 27.2 Å². The van der Waals surface area contributed by atoms with E-state index < -0.39 is 11.8 Å². The number of ether oxygens (including phenoxy) is 2. The quantitative estimate of drug-likeness (QED) is 0.386. The van der Waals surface area contributed by atoms with Gasteiger partial charge in [-0.15, -0.1) is 0 Å². The predicted molar refractivity (Wildman–Crippen MR) is 180 cm³/mol. The van der Waals surface area contributed by atoms with Gasteiger partial charge in [0.2, 0.25) is 0 Å². The van der Waals surface area contributed by atoms with E-state index in [2.05, 4.69) is 53.4 Å². The van der Waals surface area contributed by atoms with E-state index in [9.17, 15) is 9.59 Å². The van der Waals surface area contributed by atoms with Crippen molar-refractivity contribution in [2.45, 2.75) is 161 Å². The summed E-state index contributed by atoms with van der Waals surface area (Å²) in [4.78, 5) is 34.1. The largest absolute Gasteiger partial charge is 0.444 e. The third-order valence-corrected chi connectivity index (χ3v) is 12.3. The number of alkyl halides is 1. The van der Waals surface area contributed by atoms with Gasteiger partial charge in [0.05, 0.1) is 24.5 Å². The molecule has 11 unspecified atom stereocenters. The normalized spacial score (nSPS) is 43.6. The number of urea groups is 1. The molecule has 0 aromatic rings. The predicted octanol–water partition coefficient (Wildman–Crippen LogP) is 4.93. The first kappa shape index (κ1) is 35.1. The molecule has 10 nitrogen and oxygen atoms in total. The summed E-state index contributed by atoms with van der Waals surface area (Å²) < 4.78 is 29.2. The van der Waals surface area contributed by atoms with Gasteiger partial charge in [-0.3, -0.25) is 10.2 Å².